The summed E-state index contributed by atoms with van der Waals surface area (Å²) >= 11 is 0. The number of halogens is 1. The molecule has 1 aromatic carbocycles. The smallest absolute Gasteiger partial charge is 0.227 e. The molecule has 94 valence electrons. The molecule has 2 rings (SSSR count). The van der Waals surface area contributed by atoms with Crippen LogP contribution in [0.1, 0.15) is 17.0 Å². The van der Waals surface area contributed by atoms with Crippen molar-refractivity contribution in [3.8, 4) is 0 Å². The van der Waals surface area contributed by atoms with E-state index in [1.54, 1.807) is 19.1 Å². The molecule has 1 aromatic heterocycles. The molecule has 2 aromatic rings. The van der Waals surface area contributed by atoms with Gasteiger partial charge in [0, 0.05) is 6.54 Å². The first-order valence-electron chi connectivity index (χ1n) is 5.55. The predicted molar refractivity (Wildman–Crippen MR) is 63.2 cm³/mol. The lowest BCUT2D eigenvalue weighted by molar-refractivity contribution is -0.120. The molecule has 1 heterocycles. The summed E-state index contributed by atoms with van der Waals surface area (Å²) in [5.74, 6) is 0.119. The van der Waals surface area contributed by atoms with Gasteiger partial charge in [-0.2, -0.15) is 0 Å². The molecule has 0 bridgehead atoms. The Kier molecular flexibility index (Phi) is 3.72. The van der Waals surface area contributed by atoms with Crippen LogP contribution in [0.4, 0.5) is 4.39 Å². The molecule has 0 fully saturated rings. The van der Waals surface area contributed by atoms with Crippen LogP contribution in [-0.2, 0) is 17.8 Å². The summed E-state index contributed by atoms with van der Waals surface area (Å²) < 4.78 is 17.8. The fourth-order valence-corrected chi connectivity index (χ4v) is 1.51. The Morgan fingerprint density at radius 3 is 2.72 bits per heavy atom. The predicted octanol–water partition coefficient (Wildman–Crippen LogP) is 1.98. The lowest BCUT2D eigenvalue weighted by Crippen LogP contribution is -2.24. The highest BCUT2D eigenvalue weighted by molar-refractivity contribution is 5.78. The highest BCUT2D eigenvalue weighted by Crippen LogP contribution is 2.06. The van der Waals surface area contributed by atoms with Crippen molar-refractivity contribution in [3.05, 3.63) is 53.5 Å². The van der Waals surface area contributed by atoms with Gasteiger partial charge < -0.3 is 9.73 Å². The third kappa shape index (κ3) is 3.16. The molecule has 0 saturated heterocycles. The molecule has 0 unspecified atom stereocenters. The molecule has 1 amide bonds. The average Bonchev–Trinajstić information content (AvgIpc) is 2.74. The Morgan fingerprint density at radius 2 is 2.11 bits per heavy atom. The first kappa shape index (κ1) is 12.3. The first-order valence-corrected chi connectivity index (χ1v) is 5.55. The Bertz CT molecular complexity index is 534. The zero-order chi connectivity index (χ0) is 13.0. The van der Waals surface area contributed by atoms with Gasteiger partial charge in [-0.3, -0.25) is 4.79 Å². The SMILES string of the molecule is Cc1ncoc1CC(=O)NCc1ccc(F)cc1. The molecule has 5 heteroatoms. The second-order valence-electron chi connectivity index (χ2n) is 3.94. The fraction of sp³-hybridized carbons (Fsp3) is 0.231. The van der Waals surface area contributed by atoms with E-state index < -0.39 is 0 Å². The number of hydrogen-bond donors (Lipinski definition) is 1. The Labute approximate surface area is 104 Å². The van der Waals surface area contributed by atoms with E-state index in [1.165, 1.54) is 18.5 Å². The monoisotopic (exact) mass is 248 g/mol. The molecule has 0 saturated carbocycles. The zero-order valence-electron chi connectivity index (χ0n) is 9.94. The van der Waals surface area contributed by atoms with E-state index >= 15 is 0 Å². The van der Waals surface area contributed by atoms with E-state index in [0.29, 0.717) is 18.0 Å². The number of carbonyl (C=O) groups excluding carboxylic acids is 1. The number of oxazole rings is 1. The van der Waals surface area contributed by atoms with E-state index in [0.717, 1.165) is 5.56 Å². The van der Waals surface area contributed by atoms with Crippen LogP contribution in [0.3, 0.4) is 0 Å². The molecule has 18 heavy (non-hydrogen) atoms. The largest absolute Gasteiger partial charge is 0.448 e. The Hall–Kier alpha value is -2.17. The van der Waals surface area contributed by atoms with E-state index in [1.807, 2.05) is 0 Å². The highest BCUT2D eigenvalue weighted by atomic mass is 19.1. The number of aryl methyl sites for hydroxylation is 1. The Morgan fingerprint density at radius 1 is 1.39 bits per heavy atom. The molecule has 4 nitrogen and oxygen atoms in total. The Balaban J connectivity index is 1.85. The summed E-state index contributed by atoms with van der Waals surface area (Å²) in [5.41, 5.74) is 1.56. The van der Waals surface area contributed by atoms with Gasteiger partial charge in [-0.25, -0.2) is 9.37 Å². The average molecular weight is 248 g/mol. The van der Waals surface area contributed by atoms with Crippen LogP contribution in [0.5, 0.6) is 0 Å². The van der Waals surface area contributed by atoms with Gasteiger partial charge in [0.1, 0.15) is 11.6 Å². The van der Waals surface area contributed by atoms with Gasteiger partial charge >= 0.3 is 0 Å². The van der Waals surface area contributed by atoms with Crippen LogP contribution in [0.25, 0.3) is 0 Å². The lowest BCUT2D eigenvalue weighted by atomic mass is 10.2. The maximum absolute atomic E-state index is 12.7. The van der Waals surface area contributed by atoms with Gasteiger partial charge in [0.2, 0.25) is 5.91 Å². The number of rotatable bonds is 4. The van der Waals surface area contributed by atoms with Gasteiger partial charge in [-0.15, -0.1) is 0 Å². The number of nitrogens with zero attached hydrogens (tertiary/aromatic N) is 1. The molecule has 0 aliphatic rings. The van der Waals surface area contributed by atoms with E-state index in [-0.39, 0.29) is 18.1 Å². The van der Waals surface area contributed by atoms with Crippen LogP contribution in [-0.4, -0.2) is 10.9 Å². The van der Waals surface area contributed by atoms with Gasteiger partial charge in [0.25, 0.3) is 0 Å². The number of amides is 1. The minimum absolute atomic E-state index is 0.154. The van der Waals surface area contributed by atoms with Crippen molar-refractivity contribution >= 4 is 5.91 Å². The fourth-order valence-electron chi connectivity index (χ4n) is 1.51. The third-order valence-electron chi connectivity index (χ3n) is 2.57. The van der Waals surface area contributed by atoms with Gasteiger partial charge in [0.05, 0.1) is 12.1 Å². The van der Waals surface area contributed by atoms with Gasteiger partial charge in [-0.1, -0.05) is 12.1 Å². The van der Waals surface area contributed by atoms with Crippen molar-refractivity contribution in [1.29, 1.82) is 0 Å². The number of nitrogens with one attached hydrogen (secondary N) is 1. The van der Waals surface area contributed by atoms with Gasteiger partial charge in [-0.05, 0) is 24.6 Å². The summed E-state index contributed by atoms with van der Waals surface area (Å²) in [6, 6.07) is 5.99. The second-order valence-corrected chi connectivity index (χ2v) is 3.94. The van der Waals surface area contributed by atoms with Crippen LogP contribution >= 0.6 is 0 Å². The normalized spacial score (nSPS) is 10.3. The van der Waals surface area contributed by atoms with E-state index in [9.17, 15) is 9.18 Å². The molecular formula is C13H13FN2O2. The van der Waals surface area contributed by atoms with E-state index in [2.05, 4.69) is 10.3 Å². The summed E-state index contributed by atoms with van der Waals surface area (Å²) in [6.45, 7) is 2.15. The van der Waals surface area contributed by atoms with Crippen molar-refractivity contribution in [1.82, 2.24) is 10.3 Å². The van der Waals surface area contributed by atoms with Crippen LogP contribution < -0.4 is 5.32 Å². The summed E-state index contributed by atoms with van der Waals surface area (Å²) in [7, 11) is 0. The van der Waals surface area contributed by atoms with Crippen LogP contribution in [0.15, 0.2) is 35.1 Å². The number of carbonyl (C=O) groups is 1. The third-order valence-corrected chi connectivity index (χ3v) is 2.57. The van der Waals surface area contributed by atoms with Crippen molar-refractivity contribution in [3.63, 3.8) is 0 Å². The lowest BCUT2D eigenvalue weighted by Gasteiger charge is -2.04. The molecular weight excluding hydrogens is 235 g/mol. The van der Waals surface area contributed by atoms with E-state index in [4.69, 9.17) is 4.42 Å². The minimum atomic E-state index is -0.289. The maximum atomic E-state index is 12.7. The molecule has 0 aliphatic carbocycles. The summed E-state index contributed by atoms with van der Waals surface area (Å²) in [6.07, 6.45) is 1.48. The number of hydrogen-bond acceptors (Lipinski definition) is 3. The number of benzene rings is 1. The van der Waals surface area contributed by atoms with Crippen molar-refractivity contribution in [2.45, 2.75) is 19.9 Å². The van der Waals surface area contributed by atoms with Crippen LogP contribution in [0, 0.1) is 12.7 Å². The summed E-state index contributed by atoms with van der Waals surface area (Å²) in [4.78, 5) is 15.5. The molecule has 0 atom stereocenters. The number of aromatic nitrogens is 1. The van der Waals surface area contributed by atoms with Crippen molar-refractivity contribution in [2.75, 3.05) is 0 Å². The van der Waals surface area contributed by atoms with Crippen molar-refractivity contribution in [2.24, 2.45) is 0 Å². The quantitative estimate of drug-likeness (QED) is 0.900. The molecule has 0 radical (unpaired) electrons. The molecule has 0 spiro atoms. The van der Waals surface area contributed by atoms with Crippen molar-refractivity contribution < 1.29 is 13.6 Å². The standard InChI is InChI=1S/C13H13FN2O2/c1-9-12(18-8-16-9)6-13(17)15-7-10-2-4-11(14)5-3-10/h2-5,8H,6-7H2,1H3,(H,15,17). The maximum Gasteiger partial charge on any atom is 0.227 e. The first-order chi connectivity index (χ1) is 8.65. The van der Waals surface area contributed by atoms with Gasteiger partial charge in [0.15, 0.2) is 6.39 Å². The second kappa shape index (κ2) is 5.44. The van der Waals surface area contributed by atoms with Crippen LogP contribution in [0.2, 0.25) is 0 Å². The minimum Gasteiger partial charge on any atom is -0.448 e. The summed E-state index contributed by atoms with van der Waals surface area (Å²) in [5, 5.41) is 2.73. The topological polar surface area (TPSA) is 55.1 Å². The molecule has 0 aliphatic heterocycles. The highest BCUT2D eigenvalue weighted by Gasteiger charge is 2.09. The zero-order valence-corrected chi connectivity index (χ0v) is 9.94. The molecule has 1 N–H and O–H groups in total.